The van der Waals surface area contributed by atoms with Crippen LogP contribution in [0.1, 0.15) is 6.92 Å². The molecule has 0 aliphatic heterocycles. The van der Waals surface area contributed by atoms with Gasteiger partial charge in [-0.3, -0.25) is 10.2 Å². The maximum Gasteiger partial charge on any atom is 0.244 e. The van der Waals surface area contributed by atoms with Gasteiger partial charge in [0.15, 0.2) is 0 Å². The summed E-state index contributed by atoms with van der Waals surface area (Å²) >= 11 is 0. The highest BCUT2D eigenvalue weighted by molar-refractivity contribution is 5.81. The van der Waals surface area contributed by atoms with Crippen LogP contribution in [0.25, 0.3) is 11.1 Å². The standard InChI is InChI=1S/C6H4.C5H12N2O3/c1-2-6-4-3-5(1)6;1-5(2-8,3-9)4(10)7-6/h1-4H;8-9H,2-3,6H2,1H3,(H,7,10). The number of rotatable bonds is 3. The molecule has 2 rings (SSSR count). The normalized spacial score (nSPS) is 11.2. The maximum atomic E-state index is 10.7. The van der Waals surface area contributed by atoms with E-state index in [-0.39, 0.29) is 0 Å². The molecule has 0 aromatic rings. The fourth-order valence-electron chi connectivity index (χ4n) is 1.03. The Balaban J connectivity index is 0.000000176. The van der Waals surface area contributed by atoms with Crippen LogP contribution in [0.15, 0.2) is 24.3 Å². The van der Waals surface area contributed by atoms with Gasteiger partial charge >= 0.3 is 0 Å². The SMILES string of the molecule is CC(CO)(CO)C(=O)NN.c1cc2ccc1-2. The van der Waals surface area contributed by atoms with Gasteiger partial charge in [0.25, 0.3) is 0 Å². The number of aliphatic hydroxyl groups excluding tert-OH is 2. The summed E-state index contributed by atoms with van der Waals surface area (Å²) < 4.78 is 0. The first-order valence-electron chi connectivity index (χ1n) is 4.90. The molecule has 16 heavy (non-hydrogen) atoms. The summed E-state index contributed by atoms with van der Waals surface area (Å²) in [5, 5.41) is 17.2. The van der Waals surface area contributed by atoms with Crippen molar-refractivity contribution in [2.45, 2.75) is 6.92 Å². The van der Waals surface area contributed by atoms with Gasteiger partial charge in [0.1, 0.15) is 0 Å². The molecule has 0 bridgehead atoms. The summed E-state index contributed by atoms with van der Waals surface area (Å²) in [7, 11) is 0. The second-order valence-corrected chi connectivity index (χ2v) is 3.93. The number of nitrogens with one attached hydrogen (secondary N) is 1. The Morgan fingerprint density at radius 2 is 1.62 bits per heavy atom. The number of nitrogens with two attached hydrogens (primary N) is 1. The largest absolute Gasteiger partial charge is 0.395 e. The van der Waals surface area contributed by atoms with Crippen molar-refractivity contribution >= 4 is 5.91 Å². The number of carbonyl (C=O) groups excluding carboxylic acids is 1. The number of benzene rings is 1. The first-order chi connectivity index (χ1) is 7.57. The maximum absolute atomic E-state index is 10.7. The molecular formula is C11H16N2O3. The lowest BCUT2D eigenvalue weighted by atomic mass is 9.92. The van der Waals surface area contributed by atoms with E-state index in [1.54, 1.807) is 0 Å². The minimum Gasteiger partial charge on any atom is -0.395 e. The summed E-state index contributed by atoms with van der Waals surface area (Å²) in [4.78, 5) is 10.7. The van der Waals surface area contributed by atoms with Crippen LogP contribution in [0.4, 0.5) is 0 Å². The molecule has 0 radical (unpaired) electrons. The van der Waals surface area contributed by atoms with Gasteiger partial charge in [-0.2, -0.15) is 0 Å². The van der Waals surface area contributed by atoms with Crippen molar-refractivity contribution in [3.05, 3.63) is 24.3 Å². The molecule has 88 valence electrons. The quantitative estimate of drug-likeness (QED) is 0.325. The molecule has 5 heteroatoms. The highest BCUT2D eigenvalue weighted by atomic mass is 16.3. The first kappa shape index (κ1) is 12.6. The zero-order valence-corrected chi connectivity index (χ0v) is 9.10. The predicted octanol–water partition coefficient (Wildman–Crippen LogP) is -0.366. The van der Waals surface area contributed by atoms with Crippen LogP contribution < -0.4 is 11.3 Å². The molecule has 5 nitrogen and oxygen atoms in total. The van der Waals surface area contributed by atoms with Gasteiger partial charge in [0, 0.05) is 0 Å². The molecule has 0 spiro atoms. The number of carbonyl (C=O) groups is 1. The van der Waals surface area contributed by atoms with Crippen molar-refractivity contribution < 1.29 is 15.0 Å². The van der Waals surface area contributed by atoms with Crippen LogP contribution in [0.5, 0.6) is 0 Å². The molecule has 0 atom stereocenters. The lowest BCUT2D eigenvalue weighted by Crippen LogP contribution is -2.46. The molecule has 0 aromatic heterocycles. The Hall–Kier alpha value is -1.43. The molecule has 0 saturated carbocycles. The molecule has 0 fully saturated rings. The van der Waals surface area contributed by atoms with Crippen molar-refractivity contribution in [1.82, 2.24) is 5.43 Å². The van der Waals surface area contributed by atoms with E-state index in [9.17, 15) is 4.79 Å². The van der Waals surface area contributed by atoms with Gasteiger partial charge in [-0.25, -0.2) is 5.84 Å². The summed E-state index contributed by atoms with van der Waals surface area (Å²) in [5.74, 6) is 4.22. The van der Waals surface area contributed by atoms with E-state index in [1.165, 1.54) is 18.1 Å². The number of hydrogen-bond acceptors (Lipinski definition) is 4. The van der Waals surface area contributed by atoms with Crippen molar-refractivity contribution in [3.63, 3.8) is 0 Å². The van der Waals surface area contributed by atoms with E-state index in [4.69, 9.17) is 16.1 Å². The summed E-state index contributed by atoms with van der Waals surface area (Å²) in [5.41, 5.74) is 3.53. The van der Waals surface area contributed by atoms with Crippen LogP contribution in [0, 0.1) is 5.41 Å². The second-order valence-electron chi connectivity index (χ2n) is 3.93. The van der Waals surface area contributed by atoms with Crippen LogP contribution in [0.2, 0.25) is 0 Å². The van der Waals surface area contributed by atoms with Crippen molar-refractivity contribution in [2.75, 3.05) is 13.2 Å². The average Bonchev–Trinajstić information content (AvgIpc) is 2.32. The third-order valence-electron chi connectivity index (χ3n) is 2.60. The van der Waals surface area contributed by atoms with Gasteiger partial charge in [0.2, 0.25) is 5.91 Å². The fourth-order valence-corrected chi connectivity index (χ4v) is 1.03. The highest BCUT2D eigenvalue weighted by Gasteiger charge is 2.30. The minimum absolute atomic E-state index is 0.424. The molecule has 2 aliphatic carbocycles. The van der Waals surface area contributed by atoms with E-state index in [2.05, 4.69) is 24.3 Å². The van der Waals surface area contributed by atoms with Crippen molar-refractivity contribution in [2.24, 2.45) is 11.3 Å². The fraction of sp³-hybridized carbons (Fsp3) is 0.364. The Labute approximate surface area is 93.9 Å². The lowest BCUT2D eigenvalue weighted by molar-refractivity contribution is -0.134. The molecule has 2 aliphatic rings. The molecular weight excluding hydrogens is 208 g/mol. The summed E-state index contributed by atoms with van der Waals surface area (Å²) in [6.45, 7) is 0.564. The number of amides is 1. The summed E-state index contributed by atoms with van der Waals surface area (Å²) in [6, 6.07) is 8.48. The van der Waals surface area contributed by atoms with Crippen molar-refractivity contribution in [3.8, 4) is 11.1 Å². The van der Waals surface area contributed by atoms with Crippen LogP contribution in [0.3, 0.4) is 0 Å². The minimum atomic E-state index is -1.17. The van der Waals surface area contributed by atoms with Gasteiger partial charge in [-0.1, -0.05) is 24.3 Å². The van der Waals surface area contributed by atoms with Crippen LogP contribution >= 0.6 is 0 Å². The monoisotopic (exact) mass is 224 g/mol. The van der Waals surface area contributed by atoms with E-state index < -0.39 is 24.5 Å². The number of fused-ring (bicyclic) bond motifs is 1. The third kappa shape index (κ3) is 2.38. The van der Waals surface area contributed by atoms with E-state index in [1.807, 2.05) is 5.43 Å². The summed E-state index contributed by atoms with van der Waals surface area (Å²) in [6.07, 6.45) is 0. The molecule has 1 amide bonds. The molecule has 0 heterocycles. The number of aliphatic hydroxyl groups is 2. The number of hydrazine groups is 1. The molecule has 5 N–H and O–H groups in total. The van der Waals surface area contributed by atoms with E-state index in [0.717, 1.165) is 0 Å². The average molecular weight is 224 g/mol. The first-order valence-corrected chi connectivity index (χ1v) is 4.90. The predicted molar refractivity (Wildman–Crippen MR) is 60.0 cm³/mol. The van der Waals surface area contributed by atoms with E-state index >= 15 is 0 Å². The Morgan fingerprint density at radius 3 is 1.69 bits per heavy atom. The smallest absolute Gasteiger partial charge is 0.244 e. The van der Waals surface area contributed by atoms with Gasteiger partial charge in [0.05, 0.1) is 18.6 Å². The Kier molecular flexibility index (Phi) is 4.00. The lowest BCUT2D eigenvalue weighted by Gasteiger charge is -2.21. The van der Waals surface area contributed by atoms with Crippen LogP contribution in [-0.2, 0) is 4.79 Å². The van der Waals surface area contributed by atoms with Gasteiger partial charge < -0.3 is 10.2 Å². The number of hydrogen-bond donors (Lipinski definition) is 4. The molecule has 0 unspecified atom stereocenters. The molecule has 0 aromatic carbocycles. The van der Waals surface area contributed by atoms with Crippen molar-refractivity contribution in [1.29, 1.82) is 0 Å². The second kappa shape index (κ2) is 5.07. The van der Waals surface area contributed by atoms with E-state index in [0.29, 0.717) is 0 Å². The zero-order valence-electron chi connectivity index (χ0n) is 9.10. The Morgan fingerprint density at radius 1 is 1.25 bits per heavy atom. The topological polar surface area (TPSA) is 95.6 Å². The Bertz CT molecular complexity index is 337. The highest BCUT2D eigenvalue weighted by Crippen LogP contribution is 2.29. The van der Waals surface area contributed by atoms with Crippen LogP contribution in [-0.4, -0.2) is 29.3 Å². The molecule has 0 saturated heterocycles. The zero-order chi connectivity index (χ0) is 12.2. The third-order valence-corrected chi connectivity index (χ3v) is 2.60. The van der Waals surface area contributed by atoms with Gasteiger partial charge in [-0.15, -0.1) is 0 Å². The van der Waals surface area contributed by atoms with Gasteiger partial charge in [-0.05, 0) is 18.1 Å².